The molecular formula is C18H19N3O2S. The molecule has 0 radical (unpaired) electrons. The fraction of sp³-hybridized carbons (Fsp3) is 0.333. The van der Waals surface area contributed by atoms with Crippen LogP contribution in [-0.4, -0.2) is 46.9 Å². The summed E-state index contributed by atoms with van der Waals surface area (Å²) in [6, 6.07) is 9.55. The van der Waals surface area contributed by atoms with Crippen molar-refractivity contribution in [3.05, 3.63) is 52.2 Å². The van der Waals surface area contributed by atoms with Crippen molar-refractivity contribution in [2.24, 2.45) is 0 Å². The van der Waals surface area contributed by atoms with Gasteiger partial charge in [0.25, 0.3) is 5.91 Å². The van der Waals surface area contributed by atoms with Crippen LogP contribution in [0.2, 0.25) is 0 Å². The molecule has 6 heteroatoms. The lowest BCUT2D eigenvalue weighted by atomic mass is 10.2. The van der Waals surface area contributed by atoms with E-state index in [0.717, 1.165) is 54.4 Å². The number of nitrogens with zero attached hydrogens (tertiary/aromatic N) is 3. The lowest BCUT2D eigenvalue weighted by Gasteiger charge is -2.33. The first kappa shape index (κ1) is 15.4. The first-order valence-corrected chi connectivity index (χ1v) is 8.98. The van der Waals surface area contributed by atoms with Crippen molar-refractivity contribution < 1.29 is 9.21 Å². The van der Waals surface area contributed by atoms with E-state index in [4.69, 9.17) is 4.42 Å². The van der Waals surface area contributed by atoms with Crippen molar-refractivity contribution in [1.29, 1.82) is 0 Å². The number of furan rings is 1. The fourth-order valence-electron chi connectivity index (χ4n) is 3.02. The van der Waals surface area contributed by atoms with Gasteiger partial charge in [-0.2, -0.15) is 0 Å². The third kappa shape index (κ3) is 3.07. The van der Waals surface area contributed by atoms with E-state index in [1.54, 1.807) is 11.3 Å². The molecule has 1 aromatic carbocycles. The predicted molar refractivity (Wildman–Crippen MR) is 94.2 cm³/mol. The Morgan fingerprint density at radius 2 is 2.04 bits per heavy atom. The van der Waals surface area contributed by atoms with Gasteiger partial charge in [-0.1, -0.05) is 18.2 Å². The number of carbonyl (C=O) groups excluding carboxylic acids is 1. The Bertz CT molecular complexity index is 829. The number of carbonyl (C=O) groups is 1. The summed E-state index contributed by atoms with van der Waals surface area (Å²) < 4.78 is 5.70. The summed E-state index contributed by atoms with van der Waals surface area (Å²) in [5.41, 5.74) is 1.84. The second-order valence-corrected chi connectivity index (χ2v) is 7.04. The van der Waals surface area contributed by atoms with Gasteiger partial charge in [0, 0.05) is 42.6 Å². The van der Waals surface area contributed by atoms with Gasteiger partial charge >= 0.3 is 0 Å². The number of rotatable bonds is 3. The third-order valence-electron chi connectivity index (χ3n) is 4.32. The fourth-order valence-corrected chi connectivity index (χ4v) is 3.83. The Balaban J connectivity index is 1.39. The molecule has 3 aromatic rings. The molecule has 0 saturated carbocycles. The van der Waals surface area contributed by atoms with E-state index >= 15 is 0 Å². The van der Waals surface area contributed by atoms with Crippen molar-refractivity contribution in [3.8, 4) is 0 Å². The lowest BCUT2D eigenvalue weighted by molar-refractivity contribution is 0.0600. The van der Waals surface area contributed by atoms with Gasteiger partial charge < -0.3 is 9.32 Å². The number of hydrogen-bond acceptors (Lipinski definition) is 5. The molecule has 1 aliphatic rings. The maximum absolute atomic E-state index is 12.6. The molecule has 4 rings (SSSR count). The Morgan fingerprint density at radius 1 is 1.25 bits per heavy atom. The van der Waals surface area contributed by atoms with Crippen LogP contribution < -0.4 is 0 Å². The number of amides is 1. The standard InChI is InChI=1S/C18H19N3O2S/c1-13-12-24-17(19-13)11-20-6-8-21(9-7-20)18(22)16-10-14-4-2-3-5-15(14)23-16/h2-5,10,12H,6-9,11H2,1H3. The lowest BCUT2D eigenvalue weighted by Crippen LogP contribution is -2.48. The van der Waals surface area contributed by atoms with Gasteiger partial charge in [0.1, 0.15) is 10.6 Å². The predicted octanol–water partition coefficient (Wildman–Crippen LogP) is 3.16. The van der Waals surface area contributed by atoms with Crippen LogP contribution in [0.15, 0.2) is 40.1 Å². The molecule has 1 amide bonds. The molecule has 1 saturated heterocycles. The van der Waals surface area contributed by atoms with E-state index in [2.05, 4.69) is 15.3 Å². The molecule has 5 nitrogen and oxygen atoms in total. The zero-order valence-electron chi connectivity index (χ0n) is 13.6. The van der Waals surface area contributed by atoms with Gasteiger partial charge in [-0.15, -0.1) is 11.3 Å². The second kappa shape index (κ2) is 6.37. The number of fused-ring (bicyclic) bond motifs is 1. The van der Waals surface area contributed by atoms with Crippen molar-refractivity contribution in [1.82, 2.24) is 14.8 Å². The molecule has 2 aromatic heterocycles. The van der Waals surface area contributed by atoms with Crippen LogP contribution in [0.1, 0.15) is 21.3 Å². The highest BCUT2D eigenvalue weighted by atomic mass is 32.1. The van der Waals surface area contributed by atoms with E-state index in [1.165, 1.54) is 0 Å². The monoisotopic (exact) mass is 341 g/mol. The highest BCUT2D eigenvalue weighted by Gasteiger charge is 2.24. The first-order chi connectivity index (χ1) is 11.7. The molecule has 124 valence electrons. The smallest absolute Gasteiger partial charge is 0.289 e. The Morgan fingerprint density at radius 3 is 2.75 bits per heavy atom. The molecular weight excluding hydrogens is 322 g/mol. The topological polar surface area (TPSA) is 49.6 Å². The minimum atomic E-state index is -0.0176. The third-order valence-corrected chi connectivity index (χ3v) is 5.27. The van der Waals surface area contributed by atoms with Crippen LogP contribution in [0.5, 0.6) is 0 Å². The summed E-state index contributed by atoms with van der Waals surface area (Å²) in [4.78, 5) is 21.4. The maximum Gasteiger partial charge on any atom is 0.289 e. The molecule has 1 fully saturated rings. The quantitative estimate of drug-likeness (QED) is 0.734. The normalized spacial score (nSPS) is 16.0. The van der Waals surface area contributed by atoms with Crippen LogP contribution >= 0.6 is 11.3 Å². The minimum Gasteiger partial charge on any atom is -0.451 e. The zero-order valence-corrected chi connectivity index (χ0v) is 14.4. The molecule has 0 spiro atoms. The van der Waals surface area contributed by atoms with Crippen molar-refractivity contribution in [3.63, 3.8) is 0 Å². The van der Waals surface area contributed by atoms with E-state index in [-0.39, 0.29) is 5.91 Å². The largest absolute Gasteiger partial charge is 0.451 e. The van der Waals surface area contributed by atoms with Crippen LogP contribution in [-0.2, 0) is 6.54 Å². The van der Waals surface area contributed by atoms with Gasteiger partial charge in [0.15, 0.2) is 5.76 Å². The van der Waals surface area contributed by atoms with Gasteiger partial charge in [0.05, 0.1) is 6.54 Å². The van der Waals surface area contributed by atoms with Gasteiger partial charge in [-0.3, -0.25) is 9.69 Å². The molecule has 1 aliphatic heterocycles. The number of para-hydroxylation sites is 1. The summed E-state index contributed by atoms with van der Waals surface area (Å²) in [6.07, 6.45) is 0. The minimum absolute atomic E-state index is 0.0176. The second-order valence-electron chi connectivity index (χ2n) is 6.10. The van der Waals surface area contributed by atoms with Crippen molar-refractivity contribution >= 4 is 28.2 Å². The van der Waals surface area contributed by atoms with Crippen LogP contribution in [0.4, 0.5) is 0 Å². The molecule has 0 unspecified atom stereocenters. The van der Waals surface area contributed by atoms with Gasteiger partial charge in [-0.25, -0.2) is 4.98 Å². The molecule has 0 N–H and O–H groups in total. The van der Waals surface area contributed by atoms with E-state index in [1.807, 2.05) is 42.2 Å². The summed E-state index contributed by atoms with van der Waals surface area (Å²) in [7, 11) is 0. The number of hydrogen-bond donors (Lipinski definition) is 0. The summed E-state index contributed by atoms with van der Waals surface area (Å²) in [5, 5.41) is 4.19. The number of aryl methyl sites for hydroxylation is 1. The SMILES string of the molecule is Cc1csc(CN2CCN(C(=O)c3cc4ccccc4o3)CC2)n1. The van der Waals surface area contributed by atoms with Crippen molar-refractivity contribution in [2.75, 3.05) is 26.2 Å². The highest BCUT2D eigenvalue weighted by molar-refractivity contribution is 7.09. The number of piperazine rings is 1. The van der Waals surface area contributed by atoms with E-state index in [9.17, 15) is 4.79 Å². The Hall–Kier alpha value is -2.18. The number of aromatic nitrogens is 1. The van der Waals surface area contributed by atoms with Crippen LogP contribution in [0.3, 0.4) is 0 Å². The van der Waals surface area contributed by atoms with E-state index < -0.39 is 0 Å². The summed E-state index contributed by atoms with van der Waals surface area (Å²) in [6.45, 7) is 6.06. The van der Waals surface area contributed by atoms with Crippen LogP contribution in [0.25, 0.3) is 11.0 Å². The number of benzene rings is 1. The molecule has 0 atom stereocenters. The van der Waals surface area contributed by atoms with E-state index in [0.29, 0.717) is 5.76 Å². The van der Waals surface area contributed by atoms with Crippen LogP contribution in [0, 0.1) is 6.92 Å². The summed E-state index contributed by atoms with van der Waals surface area (Å²) >= 11 is 1.70. The summed E-state index contributed by atoms with van der Waals surface area (Å²) in [5.74, 6) is 0.413. The Kier molecular flexibility index (Phi) is 4.08. The highest BCUT2D eigenvalue weighted by Crippen LogP contribution is 2.21. The number of thiazole rings is 1. The first-order valence-electron chi connectivity index (χ1n) is 8.10. The molecule has 3 heterocycles. The van der Waals surface area contributed by atoms with Crippen molar-refractivity contribution in [2.45, 2.75) is 13.5 Å². The molecule has 24 heavy (non-hydrogen) atoms. The molecule has 0 bridgehead atoms. The van der Waals surface area contributed by atoms with Gasteiger partial charge in [0.2, 0.25) is 0 Å². The average Bonchev–Trinajstić information content (AvgIpc) is 3.21. The Labute approximate surface area is 144 Å². The average molecular weight is 341 g/mol. The maximum atomic E-state index is 12.6. The molecule has 0 aliphatic carbocycles. The zero-order chi connectivity index (χ0) is 16.5. The van der Waals surface area contributed by atoms with Gasteiger partial charge in [-0.05, 0) is 19.1 Å².